The van der Waals surface area contributed by atoms with E-state index in [2.05, 4.69) is 16.9 Å². The minimum Gasteiger partial charge on any atom is -0.508 e. The maximum Gasteiger partial charge on any atom is 0.338 e. The van der Waals surface area contributed by atoms with Gasteiger partial charge in [-0.25, -0.2) is 9.78 Å². The van der Waals surface area contributed by atoms with Crippen LogP contribution in [0.25, 0.3) is 10.2 Å². The Morgan fingerprint density at radius 1 is 1.38 bits per heavy atom. The Labute approximate surface area is 153 Å². The van der Waals surface area contributed by atoms with Crippen molar-refractivity contribution >= 4 is 27.5 Å². The zero-order chi connectivity index (χ0) is 18.3. The van der Waals surface area contributed by atoms with E-state index < -0.39 is 5.97 Å². The van der Waals surface area contributed by atoms with Crippen molar-refractivity contribution in [2.45, 2.75) is 32.8 Å². The van der Waals surface area contributed by atoms with Gasteiger partial charge in [0.05, 0.1) is 10.9 Å². The van der Waals surface area contributed by atoms with Gasteiger partial charge in [-0.05, 0) is 55.0 Å². The highest BCUT2D eigenvalue weighted by molar-refractivity contribution is 7.18. The number of rotatable bonds is 3. The Balaban J connectivity index is 1.57. The van der Waals surface area contributed by atoms with Crippen molar-refractivity contribution in [2.75, 3.05) is 0 Å². The summed E-state index contributed by atoms with van der Waals surface area (Å²) in [6, 6.07) is 5.79. The topological polar surface area (TPSA) is 92.3 Å². The summed E-state index contributed by atoms with van der Waals surface area (Å²) in [5, 5.41) is 9.95. The minimum absolute atomic E-state index is 0.0778. The second-order valence-electron chi connectivity index (χ2n) is 6.67. The molecule has 0 spiro atoms. The molecule has 1 aliphatic rings. The molecular formula is C19H18N2O4S. The molecule has 3 aromatic rings. The molecule has 0 bridgehead atoms. The third-order valence-corrected chi connectivity index (χ3v) is 5.81. The molecule has 1 aliphatic carbocycles. The normalized spacial score (nSPS) is 16.4. The van der Waals surface area contributed by atoms with Gasteiger partial charge in [0.15, 0.2) is 0 Å². The van der Waals surface area contributed by atoms with E-state index in [9.17, 15) is 14.7 Å². The monoisotopic (exact) mass is 370 g/mol. The molecule has 26 heavy (non-hydrogen) atoms. The molecule has 134 valence electrons. The number of hydrogen-bond acceptors (Lipinski definition) is 6. The summed E-state index contributed by atoms with van der Waals surface area (Å²) >= 11 is 1.56. The first-order valence-corrected chi connectivity index (χ1v) is 9.32. The number of benzene rings is 1. The van der Waals surface area contributed by atoms with Crippen molar-refractivity contribution in [3.05, 3.63) is 56.4 Å². The molecule has 2 heterocycles. The number of aryl methyl sites for hydroxylation is 1. The zero-order valence-corrected chi connectivity index (χ0v) is 15.1. The highest BCUT2D eigenvalue weighted by Crippen LogP contribution is 2.35. The molecule has 0 unspecified atom stereocenters. The average Bonchev–Trinajstić information content (AvgIpc) is 2.98. The highest BCUT2D eigenvalue weighted by atomic mass is 32.1. The summed E-state index contributed by atoms with van der Waals surface area (Å²) in [5.74, 6) is 0.502. The van der Waals surface area contributed by atoms with Crippen molar-refractivity contribution in [3.8, 4) is 5.75 Å². The van der Waals surface area contributed by atoms with Crippen molar-refractivity contribution in [2.24, 2.45) is 5.92 Å². The maximum absolute atomic E-state index is 12.5. The molecule has 6 nitrogen and oxygen atoms in total. The number of thiophene rings is 1. The molecule has 0 radical (unpaired) electrons. The van der Waals surface area contributed by atoms with Gasteiger partial charge < -0.3 is 14.8 Å². The number of ether oxygens (including phenoxy) is 1. The Bertz CT molecular complexity index is 1040. The fourth-order valence-corrected chi connectivity index (χ4v) is 4.68. The largest absolute Gasteiger partial charge is 0.508 e. The Morgan fingerprint density at radius 2 is 2.15 bits per heavy atom. The van der Waals surface area contributed by atoms with E-state index in [1.165, 1.54) is 29.1 Å². The molecule has 0 amide bonds. The van der Waals surface area contributed by atoms with E-state index in [1.54, 1.807) is 11.3 Å². The van der Waals surface area contributed by atoms with E-state index in [0.29, 0.717) is 27.5 Å². The average molecular weight is 370 g/mol. The molecule has 4 rings (SSSR count). The number of phenols is 1. The summed E-state index contributed by atoms with van der Waals surface area (Å²) in [4.78, 5) is 33.7. The quantitative estimate of drug-likeness (QED) is 0.691. The van der Waals surface area contributed by atoms with Gasteiger partial charge in [-0.15, -0.1) is 11.3 Å². The number of hydrogen-bond donors (Lipinski definition) is 2. The predicted octanol–water partition coefficient (Wildman–Crippen LogP) is 3.17. The number of aromatic amines is 1. The molecule has 1 atom stereocenters. The lowest BCUT2D eigenvalue weighted by atomic mass is 9.89. The molecule has 2 aromatic heterocycles. The highest BCUT2D eigenvalue weighted by Gasteiger charge is 2.23. The van der Waals surface area contributed by atoms with Crippen LogP contribution in [0, 0.1) is 5.92 Å². The van der Waals surface area contributed by atoms with Crippen molar-refractivity contribution < 1.29 is 14.6 Å². The van der Waals surface area contributed by atoms with E-state index in [-0.39, 0.29) is 17.9 Å². The minimum atomic E-state index is -0.535. The van der Waals surface area contributed by atoms with Gasteiger partial charge in [0.25, 0.3) is 5.56 Å². The molecule has 0 saturated carbocycles. The van der Waals surface area contributed by atoms with Crippen LogP contribution in [0.1, 0.15) is 40.0 Å². The van der Waals surface area contributed by atoms with Gasteiger partial charge in [0, 0.05) is 4.88 Å². The van der Waals surface area contributed by atoms with Crippen LogP contribution >= 0.6 is 11.3 Å². The summed E-state index contributed by atoms with van der Waals surface area (Å²) < 4.78 is 5.23. The number of nitrogens with zero attached hydrogens (tertiary/aromatic N) is 1. The molecule has 1 aromatic carbocycles. The van der Waals surface area contributed by atoms with Crippen LogP contribution in [-0.2, 0) is 24.2 Å². The van der Waals surface area contributed by atoms with Crippen LogP contribution in [0.3, 0.4) is 0 Å². The molecule has 0 aliphatic heterocycles. The van der Waals surface area contributed by atoms with Crippen molar-refractivity contribution in [1.82, 2.24) is 9.97 Å². The van der Waals surface area contributed by atoms with E-state index >= 15 is 0 Å². The van der Waals surface area contributed by atoms with E-state index in [4.69, 9.17) is 4.74 Å². The molecule has 7 heteroatoms. The molecule has 2 N–H and O–H groups in total. The molecular weight excluding hydrogens is 352 g/mol. The lowest BCUT2D eigenvalue weighted by Gasteiger charge is -2.17. The second-order valence-corrected chi connectivity index (χ2v) is 7.75. The summed E-state index contributed by atoms with van der Waals surface area (Å²) in [6.45, 7) is 2.11. The van der Waals surface area contributed by atoms with Crippen LogP contribution < -0.4 is 5.56 Å². The van der Waals surface area contributed by atoms with Gasteiger partial charge in [-0.1, -0.05) is 6.92 Å². The van der Waals surface area contributed by atoms with Crippen molar-refractivity contribution in [1.29, 1.82) is 0 Å². The maximum atomic E-state index is 12.5. The van der Waals surface area contributed by atoms with Crippen LogP contribution in [0.15, 0.2) is 29.1 Å². The van der Waals surface area contributed by atoms with Gasteiger partial charge >= 0.3 is 5.97 Å². The lowest BCUT2D eigenvalue weighted by molar-refractivity contribution is 0.0462. The fourth-order valence-electron chi connectivity index (χ4n) is 3.28. The SMILES string of the molecule is C[C@@H]1CCc2c(sc3nc(COC(=O)c4ccc(O)cc4)[nH]c(=O)c23)C1. The van der Waals surface area contributed by atoms with Gasteiger partial charge in [-0.3, -0.25) is 4.79 Å². The first kappa shape index (κ1) is 16.8. The smallest absolute Gasteiger partial charge is 0.338 e. The summed E-state index contributed by atoms with van der Waals surface area (Å²) in [5.41, 5.74) is 1.29. The molecule has 0 fully saturated rings. The summed E-state index contributed by atoms with van der Waals surface area (Å²) in [7, 11) is 0. The van der Waals surface area contributed by atoms with Crippen LogP contribution in [0.5, 0.6) is 5.75 Å². The van der Waals surface area contributed by atoms with Gasteiger partial charge in [0.1, 0.15) is 23.0 Å². The van der Waals surface area contributed by atoms with E-state index in [0.717, 1.165) is 24.8 Å². The fraction of sp³-hybridized carbons (Fsp3) is 0.316. The number of aromatic nitrogens is 2. The number of fused-ring (bicyclic) bond motifs is 3. The Morgan fingerprint density at radius 3 is 2.92 bits per heavy atom. The first-order valence-electron chi connectivity index (χ1n) is 8.51. The van der Waals surface area contributed by atoms with Crippen molar-refractivity contribution in [3.63, 3.8) is 0 Å². The second kappa shape index (κ2) is 6.57. The van der Waals surface area contributed by atoms with Gasteiger partial charge in [0.2, 0.25) is 0 Å². The summed E-state index contributed by atoms with van der Waals surface area (Å²) in [6.07, 6.45) is 2.99. The third kappa shape index (κ3) is 3.10. The number of H-pyrrole nitrogens is 1. The van der Waals surface area contributed by atoms with Crippen LogP contribution in [0.4, 0.5) is 0 Å². The number of esters is 1. The number of carbonyl (C=O) groups excluding carboxylic acids is 1. The Hall–Kier alpha value is -2.67. The van der Waals surface area contributed by atoms with Crippen LogP contribution in [0.2, 0.25) is 0 Å². The predicted molar refractivity (Wildman–Crippen MR) is 98.7 cm³/mol. The molecule has 0 saturated heterocycles. The number of aromatic hydroxyl groups is 1. The number of nitrogens with one attached hydrogen (secondary N) is 1. The zero-order valence-electron chi connectivity index (χ0n) is 14.2. The lowest BCUT2D eigenvalue weighted by Crippen LogP contribution is -2.16. The standard InChI is InChI=1S/C19H18N2O4S/c1-10-2-7-13-14(8-10)26-18-16(13)17(23)20-15(21-18)9-25-19(24)11-3-5-12(22)6-4-11/h3-6,10,22H,2,7-9H2,1H3,(H,20,21,23)/t10-/m1/s1. The number of carbonyl (C=O) groups is 1. The third-order valence-electron chi connectivity index (χ3n) is 4.66. The first-order chi connectivity index (χ1) is 12.5. The van der Waals surface area contributed by atoms with E-state index in [1.807, 2.05) is 0 Å². The van der Waals surface area contributed by atoms with Gasteiger partial charge in [-0.2, -0.15) is 0 Å². The van der Waals surface area contributed by atoms with Crippen LogP contribution in [-0.4, -0.2) is 21.0 Å². The Kier molecular flexibility index (Phi) is 4.24. The number of phenolic OH excluding ortho intramolecular Hbond substituents is 1.